The van der Waals surface area contributed by atoms with Crippen molar-refractivity contribution in [3.63, 3.8) is 0 Å². The Morgan fingerprint density at radius 2 is 2.05 bits per heavy atom. The number of carbonyl (C=O) groups excluding carboxylic acids is 1. The Hall–Kier alpha value is -1.04. The number of hydrogen-bond donors (Lipinski definition) is 2. The van der Waals surface area contributed by atoms with E-state index in [0.29, 0.717) is 25.5 Å². The first-order valence-electron chi connectivity index (χ1n) is 6.90. The Morgan fingerprint density at radius 1 is 1.25 bits per heavy atom. The van der Waals surface area contributed by atoms with Crippen LogP contribution in [0.25, 0.3) is 0 Å². The van der Waals surface area contributed by atoms with Crippen molar-refractivity contribution < 1.29 is 14.6 Å². The Labute approximate surface area is 124 Å². The SMILES string of the molecule is O=C(CSCCc1ccccc1)NCCCOCCO. The quantitative estimate of drug-likeness (QED) is 0.607. The molecule has 0 bridgehead atoms. The number of ether oxygens (including phenoxy) is 1. The first-order valence-corrected chi connectivity index (χ1v) is 8.05. The maximum atomic E-state index is 11.5. The van der Waals surface area contributed by atoms with Gasteiger partial charge < -0.3 is 15.2 Å². The molecule has 2 N–H and O–H groups in total. The molecule has 0 saturated carbocycles. The molecule has 0 aliphatic rings. The summed E-state index contributed by atoms with van der Waals surface area (Å²) in [4.78, 5) is 11.5. The molecule has 0 spiro atoms. The van der Waals surface area contributed by atoms with E-state index >= 15 is 0 Å². The standard InChI is InChI=1S/C15H23NO3S/c17-9-11-19-10-4-8-16-15(18)13-20-12-7-14-5-2-1-3-6-14/h1-3,5-6,17H,4,7-13H2,(H,16,18). The van der Waals surface area contributed by atoms with E-state index in [2.05, 4.69) is 17.4 Å². The Bertz CT molecular complexity index is 359. The maximum Gasteiger partial charge on any atom is 0.229 e. The van der Waals surface area contributed by atoms with Gasteiger partial charge in [0, 0.05) is 13.2 Å². The Kier molecular flexibility index (Phi) is 10.0. The number of thioether (sulfide) groups is 1. The monoisotopic (exact) mass is 297 g/mol. The predicted molar refractivity (Wildman–Crippen MR) is 83.0 cm³/mol. The summed E-state index contributed by atoms with van der Waals surface area (Å²) in [6.07, 6.45) is 1.77. The molecule has 0 heterocycles. The van der Waals surface area contributed by atoms with E-state index in [9.17, 15) is 4.79 Å². The van der Waals surface area contributed by atoms with Crippen molar-refractivity contribution >= 4 is 17.7 Å². The number of amides is 1. The van der Waals surface area contributed by atoms with Gasteiger partial charge in [0.15, 0.2) is 0 Å². The highest BCUT2D eigenvalue weighted by atomic mass is 32.2. The summed E-state index contributed by atoms with van der Waals surface area (Å²) in [6, 6.07) is 10.3. The van der Waals surface area contributed by atoms with E-state index in [1.807, 2.05) is 18.2 Å². The summed E-state index contributed by atoms with van der Waals surface area (Å²) >= 11 is 1.65. The Balaban J connectivity index is 1.92. The van der Waals surface area contributed by atoms with Gasteiger partial charge in [0.05, 0.1) is 19.0 Å². The smallest absolute Gasteiger partial charge is 0.229 e. The molecule has 0 fully saturated rings. The minimum Gasteiger partial charge on any atom is -0.394 e. The molecular formula is C15H23NO3S. The lowest BCUT2D eigenvalue weighted by molar-refractivity contribution is -0.118. The van der Waals surface area contributed by atoms with Crippen molar-refractivity contribution in [2.45, 2.75) is 12.8 Å². The van der Waals surface area contributed by atoms with Crippen molar-refractivity contribution in [3.05, 3.63) is 35.9 Å². The summed E-state index contributed by atoms with van der Waals surface area (Å²) in [7, 11) is 0. The molecule has 0 atom stereocenters. The second-order valence-electron chi connectivity index (χ2n) is 4.33. The van der Waals surface area contributed by atoms with Crippen molar-refractivity contribution in [2.24, 2.45) is 0 Å². The molecule has 0 aliphatic heterocycles. The van der Waals surface area contributed by atoms with Gasteiger partial charge >= 0.3 is 0 Å². The zero-order valence-corrected chi connectivity index (χ0v) is 12.5. The van der Waals surface area contributed by atoms with Gasteiger partial charge in [-0.3, -0.25) is 4.79 Å². The fourth-order valence-electron chi connectivity index (χ4n) is 1.62. The van der Waals surface area contributed by atoms with Crippen LogP contribution in [0.5, 0.6) is 0 Å². The van der Waals surface area contributed by atoms with Crippen LogP contribution in [-0.2, 0) is 16.0 Å². The van der Waals surface area contributed by atoms with Crippen LogP contribution in [0.1, 0.15) is 12.0 Å². The molecule has 5 heteroatoms. The van der Waals surface area contributed by atoms with Crippen molar-refractivity contribution in [1.29, 1.82) is 0 Å². The summed E-state index contributed by atoms with van der Waals surface area (Å²) in [5.74, 6) is 1.53. The van der Waals surface area contributed by atoms with Gasteiger partial charge in [0.2, 0.25) is 5.91 Å². The molecule has 0 aliphatic carbocycles. The highest BCUT2D eigenvalue weighted by molar-refractivity contribution is 7.99. The largest absolute Gasteiger partial charge is 0.394 e. The van der Waals surface area contributed by atoms with Gasteiger partial charge in [0.1, 0.15) is 0 Å². The molecule has 1 aromatic rings. The van der Waals surface area contributed by atoms with Crippen LogP contribution < -0.4 is 5.32 Å². The average Bonchev–Trinajstić information content (AvgIpc) is 2.48. The minimum absolute atomic E-state index is 0.0460. The first-order chi connectivity index (χ1) is 9.83. The number of hydrogen-bond acceptors (Lipinski definition) is 4. The lowest BCUT2D eigenvalue weighted by Gasteiger charge is -2.05. The number of benzene rings is 1. The minimum atomic E-state index is 0.0460. The van der Waals surface area contributed by atoms with Gasteiger partial charge in [-0.2, -0.15) is 11.8 Å². The number of aliphatic hydroxyl groups excluding tert-OH is 1. The highest BCUT2D eigenvalue weighted by Crippen LogP contribution is 2.06. The molecule has 0 unspecified atom stereocenters. The number of aryl methyl sites for hydroxylation is 1. The molecule has 1 amide bonds. The highest BCUT2D eigenvalue weighted by Gasteiger charge is 2.01. The van der Waals surface area contributed by atoms with Gasteiger partial charge in [0.25, 0.3) is 0 Å². The fraction of sp³-hybridized carbons (Fsp3) is 0.533. The lowest BCUT2D eigenvalue weighted by Crippen LogP contribution is -2.27. The van der Waals surface area contributed by atoms with E-state index < -0.39 is 0 Å². The van der Waals surface area contributed by atoms with Crippen molar-refractivity contribution in [1.82, 2.24) is 5.32 Å². The Morgan fingerprint density at radius 3 is 2.80 bits per heavy atom. The van der Waals surface area contributed by atoms with E-state index in [4.69, 9.17) is 9.84 Å². The topological polar surface area (TPSA) is 58.6 Å². The molecular weight excluding hydrogens is 274 g/mol. The first kappa shape index (κ1) is 17.0. The van der Waals surface area contributed by atoms with E-state index in [1.54, 1.807) is 11.8 Å². The van der Waals surface area contributed by atoms with Crippen LogP contribution in [-0.4, -0.2) is 48.9 Å². The van der Waals surface area contributed by atoms with Crippen LogP contribution >= 0.6 is 11.8 Å². The second kappa shape index (κ2) is 11.8. The average molecular weight is 297 g/mol. The molecule has 1 rings (SSSR count). The number of nitrogens with one attached hydrogen (secondary N) is 1. The lowest BCUT2D eigenvalue weighted by atomic mass is 10.2. The van der Waals surface area contributed by atoms with Gasteiger partial charge in [-0.05, 0) is 24.2 Å². The zero-order chi connectivity index (χ0) is 14.5. The number of carbonyl (C=O) groups is 1. The molecule has 112 valence electrons. The van der Waals surface area contributed by atoms with E-state index in [0.717, 1.165) is 18.6 Å². The third-order valence-electron chi connectivity index (χ3n) is 2.63. The predicted octanol–water partition coefficient (Wildman–Crippen LogP) is 1.48. The van der Waals surface area contributed by atoms with Gasteiger partial charge in [-0.1, -0.05) is 30.3 Å². The molecule has 0 radical (unpaired) electrons. The van der Waals surface area contributed by atoms with Crippen LogP contribution in [0.2, 0.25) is 0 Å². The van der Waals surface area contributed by atoms with Crippen LogP contribution in [0, 0.1) is 0 Å². The molecule has 0 saturated heterocycles. The van der Waals surface area contributed by atoms with Crippen LogP contribution in [0.4, 0.5) is 0 Å². The number of aliphatic hydroxyl groups is 1. The van der Waals surface area contributed by atoms with Crippen LogP contribution in [0.3, 0.4) is 0 Å². The zero-order valence-electron chi connectivity index (χ0n) is 11.7. The third kappa shape index (κ3) is 8.96. The normalized spacial score (nSPS) is 10.4. The summed E-state index contributed by atoms with van der Waals surface area (Å²) in [6.45, 7) is 1.61. The van der Waals surface area contributed by atoms with Crippen molar-refractivity contribution in [2.75, 3.05) is 37.9 Å². The molecule has 4 nitrogen and oxygen atoms in total. The van der Waals surface area contributed by atoms with E-state index in [1.165, 1.54) is 5.56 Å². The fourth-order valence-corrected chi connectivity index (χ4v) is 2.43. The summed E-state index contributed by atoms with van der Waals surface area (Å²) < 4.78 is 5.11. The summed E-state index contributed by atoms with van der Waals surface area (Å²) in [5.41, 5.74) is 1.31. The van der Waals surface area contributed by atoms with Crippen molar-refractivity contribution in [3.8, 4) is 0 Å². The van der Waals surface area contributed by atoms with Gasteiger partial charge in [-0.25, -0.2) is 0 Å². The summed E-state index contributed by atoms with van der Waals surface area (Å²) in [5, 5.41) is 11.4. The second-order valence-corrected chi connectivity index (χ2v) is 5.43. The molecule has 20 heavy (non-hydrogen) atoms. The molecule has 1 aromatic carbocycles. The van der Waals surface area contributed by atoms with Gasteiger partial charge in [-0.15, -0.1) is 0 Å². The maximum absolute atomic E-state index is 11.5. The molecule has 0 aromatic heterocycles. The van der Waals surface area contributed by atoms with Crippen LogP contribution in [0.15, 0.2) is 30.3 Å². The third-order valence-corrected chi connectivity index (χ3v) is 3.59. The number of rotatable bonds is 11. The van der Waals surface area contributed by atoms with E-state index in [-0.39, 0.29) is 12.5 Å².